The second kappa shape index (κ2) is 10.1. The number of thiophene rings is 1. The summed E-state index contributed by atoms with van der Waals surface area (Å²) in [5, 5.41) is 3.42. The van der Waals surface area contributed by atoms with Crippen LogP contribution in [0.2, 0.25) is 0 Å². The predicted molar refractivity (Wildman–Crippen MR) is 120 cm³/mol. The first-order valence-electron chi connectivity index (χ1n) is 10.0. The number of rotatable bonds is 7. The fraction of sp³-hybridized carbons (Fsp3) is 0.409. The van der Waals surface area contributed by atoms with E-state index in [9.17, 15) is 14.4 Å². The number of nitrogens with zero attached hydrogens (tertiary/aromatic N) is 1. The van der Waals surface area contributed by atoms with Crippen molar-refractivity contribution in [1.82, 2.24) is 4.90 Å². The molecular formula is C22H26N2O4S2. The van der Waals surface area contributed by atoms with Gasteiger partial charge in [-0.1, -0.05) is 19.1 Å². The van der Waals surface area contributed by atoms with E-state index in [2.05, 4.69) is 12.2 Å². The summed E-state index contributed by atoms with van der Waals surface area (Å²) < 4.78 is 5.24. The van der Waals surface area contributed by atoms with Gasteiger partial charge in [0.2, 0.25) is 11.8 Å². The highest BCUT2D eigenvalue weighted by Gasteiger charge is 2.30. The number of hydrogen-bond donors (Lipinski definition) is 1. The molecule has 3 rings (SSSR count). The van der Waals surface area contributed by atoms with Crippen LogP contribution in [0.5, 0.6) is 0 Å². The van der Waals surface area contributed by atoms with E-state index in [4.69, 9.17) is 4.74 Å². The average molecular weight is 447 g/mol. The third-order valence-electron chi connectivity index (χ3n) is 4.83. The molecule has 2 amide bonds. The number of ether oxygens (including phenoxy) is 1. The van der Waals surface area contributed by atoms with Crippen molar-refractivity contribution in [3.05, 3.63) is 45.8 Å². The van der Waals surface area contributed by atoms with Gasteiger partial charge in [0.15, 0.2) is 0 Å². The maximum atomic E-state index is 12.7. The topological polar surface area (TPSA) is 75.7 Å². The summed E-state index contributed by atoms with van der Waals surface area (Å²) in [5.74, 6) is 0.392. The van der Waals surface area contributed by atoms with E-state index >= 15 is 0 Å². The van der Waals surface area contributed by atoms with Crippen LogP contribution in [0.15, 0.2) is 29.2 Å². The van der Waals surface area contributed by atoms with Crippen LogP contribution in [0.25, 0.3) is 0 Å². The fourth-order valence-corrected chi connectivity index (χ4v) is 5.34. The Morgan fingerprint density at radius 2 is 1.93 bits per heavy atom. The van der Waals surface area contributed by atoms with Crippen molar-refractivity contribution in [2.75, 3.05) is 24.2 Å². The molecule has 1 aromatic heterocycles. The number of fused-ring (bicyclic) bond motifs is 1. The number of hydrogen-bond acceptors (Lipinski definition) is 6. The number of thioether (sulfide) groups is 1. The lowest BCUT2D eigenvalue weighted by atomic mass is 10.0. The zero-order valence-corrected chi connectivity index (χ0v) is 19.1. The highest BCUT2D eigenvalue weighted by Crippen LogP contribution is 2.37. The van der Waals surface area contributed by atoms with E-state index in [1.165, 1.54) is 23.2 Å². The molecule has 30 heavy (non-hydrogen) atoms. The Kier molecular flexibility index (Phi) is 7.55. The number of anilines is 1. The van der Waals surface area contributed by atoms with Crippen molar-refractivity contribution in [3.8, 4) is 0 Å². The first-order chi connectivity index (χ1) is 14.4. The maximum absolute atomic E-state index is 12.7. The molecule has 1 aliphatic rings. The van der Waals surface area contributed by atoms with Crippen LogP contribution in [0.1, 0.15) is 47.1 Å². The Morgan fingerprint density at radius 1 is 1.20 bits per heavy atom. The van der Waals surface area contributed by atoms with E-state index < -0.39 is 5.97 Å². The summed E-state index contributed by atoms with van der Waals surface area (Å²) in [6.07, 6.45) is 0.799. The number of carbonyl (C=O) groups is 3. The van der Waals surface area contributed by atoms with Crippen molar-refractivity contribution in [2.24, 2.45) is 0 Å². The largest absolute Gasteiger partial charge is 0.462 e. The Morgan fingerprint density at radius 3 is 2.57 bits per heavy atom. The summed E-state index contributed by atoms with van der Waals surface area (Å²) >= 11 is 3.11. The lowest BCUT2D eigenvalue weighted by Crippen LogP contribution is -2.34. The van der Waals surface area contributed by atoms with Crippen molar-refractivity contribution in [3.63, 3.8) is 0 Å². The summed E-state index contributed by atoms with van der Waals surface area (Å²) in [6, 6.07) is 7.93. The van der Waals surface area contributed by atoms with Gasteiger partial charge in [0.25, 0.3) is 0 Å². The van der Waals surface area contributed by atoms with Crippen molar-refractivity contribution < 1.29 is 19.1 Å². The Hall–Kier alpha value is -2.32. The summed E-state index contributed by atoms with van der Waals surface area (Å²) in [7, 11) is 0. The molecule has 1 aliphatic heterocycles. The van der Waals surface area contributed by atoms with E-state index in [0.29, 0.717) is 30.1 Å². The van der Waals surface area contributed by atoms with E-state index in [1.807, 2.05) is 24.3 Å². The normalized spacial score (nSPS) is 13.0. The van der Waals surface area contributed by atoms with Crippen LogP contribution in [0.4, 0.5) is 5.00 Å². The third-order valence-corrected chi connectivity index (χ3v) is 6.86. The summed E-state index contributed by atoms with van der Waals surface area (Å²) in [5.41, 5.74) is 2.23. The third kappa shape index (κ3) is 5.23. The van der Waals surface area contributed by atoms with Crippen LogP contribution < -0.4 is 5.32 Å². The van der Waals surface area contributed by atoms with Crippen LogP contribution in [-0.2, 0) is 33.7 Å². The number of benzene rings is 1. The predicted octanol–water partition coefficient (Wildman–Crippen LogP) is 4.12. The standard InChI is InChI=1S/C22H26N2O4S2/c1-4-28-22(27)20-17-10-11-24(14(3)25)13-18(17)30-21(20)23-19(26)12-15-6-8-16(9-7-15)29-5-2/h6-9H,4-5,10-13H2,1-3H3,(H,23,26). The zero-order valence-electron chi connectivity index (χ0n) is 17.4. The number of amides is 2. The van der Waals surface area contributed by atoms with E-state index in [0.717, 1.165) is 21.8 Å². The number of esters is 1. The molecule has 1 N–H and O–H groups in total. The Labute approximate surface area is 185 Å². The quantitative estimate of drug-likeness (QED) is 0.511. The van der Waals surface area contributed by atoms with Gasteiger partial charge in [0, 0.05) is 23.2 Å². The van der Waals surface area contributed by atoms with Crippen LogP contribution in [0, 0.1) is 0 Å². The molecule has 0 unspecified atom stereocenters. The molecule has 6 nitrogen and oxygen atoms in total. The number of carbonyl (C=O) groups excluding carboxylic acids is 3. The molecule has 0 saturated carbocycles. The molecule has 0 spiro atoms. The molecule has 8 heteroatoms. The summed E-state index contributed by atoms with van der Waals surface area (Å²) in [6.45, 7) is 6.67. The Balaban J connectivity index is 1.79. The molecule has 0 fully saturated rings. The zero-order chi connectivity index (χ0) is 21.7. The van der Waals surface area contributed by atoms with Gasteiger partial charge in [-0.15, -0.1) is 23.1 Å². The monoisotopic (exact) mass is 446 g/mol. The van der Waals surface area contributed by atoms with Crippen LogP contribution >= 0.6 is 23.1 Å². The number of nitrogens with one attached hydrogen (secondary N) is 1. The minimum Gasteiger partial charge on any atom is -0.462 e. The molecule has 0 aliphatic carbocycles. The maximum Gasteiger partial charge on any atom is 0.341 e. The molecule has 0 saturated heterocycles. The SMILES string of the molecule is CCOC(=O)c1c(NC(=O)Cc2ccc(SCC)cc2)sc2c1CCN(C(C)=O)C2. The first kappa shape index (κ1) is 22.4. The Bertz CT molecular complexity index is 937. The fourth-order valence-electron chi connectivity index (χ4n) is 3.41. The second-order valence-electron chi connectivity index (χ2n) is 6.92. The van der Waals surface area contributed by atoms with Gasteiger partial charge in [0.05, 0.1) is 25.1 Å². The van der Waals surface area contributed by atoms with Crippen LogP contribution in [-0.4, -0.2) is 41.6 Å². The van der Waals surface area contributed by atoms with Crippen molar-refractivity contribution in [1.29, 1.82) is 0 Å². The molecule has 1 aromatic carbocycles. The van der Waals surface area contributed by atoms with Crippen molar-refractivity contribution in [2.45, 2.75) is 45.1 Å². The molecule has 2 aromatic rings. The van der Waals surface area contributed by atoms with Gasteiger partial charge in [-0.2, -0.15) is 0 Å². The molecule has 160 valence electrons. The van der Waals surface area contributed by atoms with Gasteiger partial charge in [-0.3, -0.25) is 9.59 Å². The molecular weight excluding hydrogens is 420 g/mol. The lowest BCUT2D eigenvalue weighted by Gasteiger charge is -2.25. The molecule has 0 radical (unpaired) electrons. The molecule has 2 heterocycles. The van der Waals surface area contributed by atoms with Gasteiger partial charge in [0.1, 0.15) is 5.00 Å². The van der Waals surface area contributed by atoms with Gasteiger partial charge in [-0.25, -0.2) is 4.79 Å². The summed E-state index contributed by atoms with van der Waals surface area (Å²) in [4.78, 5) is 40.9. The highest BCUT2D eigenvalue weighted by molar-refractivity contribution is 7.99. The first-order valence-corrected chi connectivity index (χ1v) is 11.8. The lowest BCUT2D eigenvalue weighted by molar-refractivity contribution is -0.129. The van der Waals surface area contributed by atoms with Crippen LogP contribution in [0.3, 0.4) is 0 Å². The molecule has 0 bridgehead atoms. The van der Waals surface area contributed by atoms with Gasteiger partial charge < -0.3 is 15.0 Å². The minimum absolute atomic E-state index is 0.00186. The smallest absolute Gasteiger partial charge is 0.341 e. The van der Waals surface area contributed by atoms with E-state index in [-0.39, 0.29) is 24.8 Å². The highest BCUT2D eigenvalue weighted by atomic mass is 32.2. The van der Waals surface area contributed by atoms with Gasteiger partial charge >= 0.3 is 5.97 Å². The van der Waals surface area contributed by atoms with Crippen molar-refractivity contribution >= 4 is 45.9 Å². The molecule has 0 atom stereocenters. The second-order valence-corrected chi connectivity index (χ2v) is 9.36. The average Bonchev–Trinajstić information content (AvgIpc) is 3.06. The van der Waals surface area contributed by atoms with E-state index in [1.54, 1.807) is 23.6 Å². The van der Waals surface area contributed by atoms with Gasteiger partial charge in [-0.05, 0) is 42.4 Å². The minimum atomic E-state index is -0.428.